The van der Waals surface area contributed by atoms with Crippen LogP contribution in [0, 0.1) is 0 Å². The molecule has 4 aromatic rings. The lowest BCUT2D eigenvalue weighted by molar-refractivity contribution is 0.00242. The van der Waals surface area contributed by atoms with Crippen LogP contribution in [0.2, 0.25) is 0 Å². The van der Waals surface area contributed by atoms with Gasteiger partial charge in [0.05, 0.1) is 0 Å². The summed E-state index contributed by atoms with van der Waals surface area (Å²) in [6.07, 6.45) is 0.620. The Balaban J connectivity index is 1.21. The van der Waals surface area contributed by atoms with Crippen LogP contribution in [-0.2, 0) is 24.2 Å². The second-order valence-electron chi connectivity index (χ2n) is 14.2. The number of amides is 1. The minimum absolute atomic E-state index is 0.152. The van der Waals surface area contributed by atoms with Gasteiger partial charge in [-0.15, -0.1) is 0 Å². The first-order chi connectivity index (χ1) is 22.7. The fourth-order valence-corrected chi connectivity index (χ4v) is 6.83. The Morgan fingerprint density at radius 1 is 0.745 bits per heavy atom. The van der Waals surface area contributed by atoms with E-state index in [0.717, 1.165) is 45.7 Å². The Kier molecular flexibility index (Phi) is 10.4. The van der Waals surface area contributed by atoms with Crippen LogP contribution in [0.15, 0.2) is 103 Å². The minimum atomic E-state index is -0.522. The summed E-state index contributed by atoms with van der Waals surface area (Å²) >= 11 is 0. The maximum absolute atomic E-state index is 13.2. The van der Waals surface area contributed by atoms with E-state index >= 15 is 0 Å². The lowest BCUT2D eigenvalue weighted by Crippen LogP contribution is -2.55. The zero-order valence-corrected chi connectivity index (χ0v) is 28.5. The molecule has 6 heteroatoms. The number of rotatable bonds is 8. The molecule has 246 valence electrons. The van der Waals surface area contributed by atoms with Gasteiger partial charge in [0.25, 0.3) is 0 Å². The smallest absolute Gasteiger partial charge is 0.410 e. The van der Waals surface area contributed by atoms with Gasteiger partial charge in [0, 0.05) is 64.4 Å². The molecule has 2 fully saturated rings. The van der Waals surface area contributed by atoms with Crippen LogP contribution in [-0.4, -0.2) is 77.7 Å². The Bertz CT molecular complexity index is 1600. The lowest BCUT2D eigenvalue weighted by atomic mass is 9.93. The van der Waals surface area contributed by atoms with Crippen LogP contribution in [0.5, 0.6) is 0 Å². The molecule has 0 aliphatic carbocycles. The number of nitrogens with one attached hydrogen (secondary N) is 1. The zero-order valence-electron chi connectivity index (χ0n) is 28.5. The first kappa shape index (κ1) is 33.0. The zero-order chi connectivity index (χ0) is 32.8. The number of carbonyl (C=O) groups excluding carboxylic acids is 1. The summed E-state index contributed by atoms with van der Waals surface area (Å²) in [4.78, 5) is 20.2. The fraction of sp³-hybridized carbons (Fsp3) is 0.390. The normalized spacial score (nSPS) is 19.4. The van der Waals surface area contributed by atoms with Crippen molar-refractivity contribution in [3.63, 3.8) is 0 Å². The van der Waals surface area contributed by atoms with Gasteiger partial charge in [0.1, 0.15) is 5.60 Å². The summed E-state index contributed by atoms with van der Waals surface area (Å²) in [6.45, 7) is 15.2. The van der Waals surface area contributed by atoms with E-state index in [-0.39, 0.29) is 12.1 Å². The summed E-state index contributed by atoms with van der Waals surface area (Å²) in [6, 6.07) is 38.1. The molecule has 0 saturated carbocycles. The van der Waals surface area contributed by atoms with E-state index in [9.17, 15) is 4.79 Å². The topological polar surface area (TPSA) is 48.1 Å². The molecule has 0 bridgehead atoms. The summed E-state index contributed by atoms with van der Waals surface area (Å²) in [7, 11) is 0. The van der Waals surface area contributed by atoms with Gasteiger partial charge < -0.3 is 15.0 Å². The molecular weight excluding hydrogens is 580 g/mol. The first-order valence-electron chi connectivity index (χ1n) is 17.2. The van der Waals surface area contributed by atoms with Crippen molar-refractivity contribution in [2.75, 3.05) is 39.3 Å². The molecular formula is C41H50N4O2. The van der Waals surface area contributed by atoms with Crippen LogP contribution in [0.3, 0.4) is 0 Å². The molecule has 4 aromatic carbocycles. The van der Waals surface area contributed by atoms with Crippen LogP contribution in [0.4, 0.5) is 4.79 Å². The molecule has 6 nitrogen and oxygen atoms in total. The number of benzene rings is 4. The van der Waals surface area contributed by atoms with Crippen LogP contribution in [0.1, 0.15) is 44.4 Å². The number of hydrogen-bond donors (Lipinski definition) is 1. The monoisotopic (exact) mass is 630 g/mol. The largest absolute Gasteiger partial charge is 0.444 e. The Hall–Kier alpha value is -3.97. The number of piperazine rings is 2. The molecule has 2 aliphatic rings. The number of hydrogen-bond acceptors (Lipinski definition) is 5. The van der Waals surface area contributed by atoms with Crippen molar-refractivity contribution < 1.29 is 9.53 Å². The molecule has 6 rings (SSSR count). The summed E-state index contributed by atoms with van der Waals surface area (Å²) in [5.41, 5.74) is 8.36. The van der Waals surface area contributed by atoms with E-state index in [0.29, 0.717) is 19.1 Å². The average molecular weight is 631 g/mol. The SMILES string of the molecule is CC1CNCCN1Cc1ccc(-c2ccccc2CC2CN(C(=O)OC(C)(C)C)CCN2Cc2ccc(-c3ccccc3)cc2)cc1. The van der Waals surface area contributed by atoms with E-state index in [1.165, 1.54) is 38.9 Å². The molecule has 2 atom stereocenters. The molecule has 2 unspecified atom stereocenters. The predicted octanol–water partition coefficient (Wildman–Crippen LogP) is 7.48. The van der Waals surface area contributed by atoms with E-state index in [4.69, 9.17) is 4.74 Å². The second kappa shape index (κ2) is 14.8. The van der Waals surface area contributed by atoms with Gasteiger partial charge >= 0.3 is 6.09 Å². The van der Waals surface area contributed by atoms with E-state index in [1.54, 1.807) is 0 Å². The Morgan fingerprint density at radius 3 is 2.04 bits per heavy atom. The Labute approximate surface area is 281 Å². The average Bonchev–Trinajstić information content (AvgIpc) is 3.07. The highest BCUT2D eigenvalue weighted by Gasteiger charge is 2.32. The molecule has 0 spiro atoms. The van der Waals surface area contributed by atoms with Crippen LogP contribution < -0.4 is 5.32 Å². The molecule has 2 saturated heterocycles. The van der Waals surface area contributed by atoms with Crippen LogP contribution >= 0.6 is 0 Å². The van der Waals surface area contributed by atoms with Crippen molar-refractivity contribution in [3.8, 4) is 22.3 Å². The highest BCUT2D eigenvalue weighted by Crippen LogP contribution is 2.29. The van der Waals surface area contributed by atoms with Gasteiger partial charge in [0.15, 0.2) is 0 Å². The third-order valence-electron chi connectivity index (χ3n) is 9.47. The number of nitrogens with zero attached hydrogens (tertiary/aromatic N) is 3. The summed E-state index contributed by atoms with van der Waals surface area (Å²) in [5, 5.41) is 3.49. The Morgan fingerprint density at radius 2 is 1.36 bits per heavy atom. The fourth-order valence-electron chi connectivity index (χ4n) is 6.83. The summed E-state index contributed by atoms with van der Waals surface area (Å²) < 4.78 is 5.81. The molecule has 2 heterocycles. The summed E-state index contributed by atoms with van der Waals surface area (Å²) in [5.74, 6) is 0. The van der Waals surface area contributed by atoms with E-state index in [1.807, 2.05) is 25.7 Å². The van der Waals surface area contributed by atoms with Gasteiger partial charge in [-0.25, -0.2) is 4.79 Å². The van der Waals surface area contributed by atoms with E-state index < -0.39 is 5.60 Å². The third-order valence-corrected chi connectivity index (χ3v) is 9.47. The number of ether oxygens (including phenoxy) is 1. The van der Waals surface area contributed by atoms with Crippen molar-refractivity contribution in [2.45, 2.75) is 64.9 Å². The van der Waals surface area contributed by atoms with Crippen LogP contribution in [0.25, 0.3) is 22.3 Å². The van der Waals surface area contributed by atoms with Crippen molar-refractivity contribution in [2.24, 2.45) is 0 Å². The molecule has 47 heavy (non-hydrogen) atoms. The van der Waals surface area contributed by atoms with Crippen molar-refractivity contribution >= 4 is 6.09 Å². The molecule has 0 radical (unpaired) electrons. The standard InChI is InChI=1S/C41H50N4O2/c1-31-27-42-22-23-43(31)28-32-16-20-36(21-17-32)39-13-9-8-12-37(39)26-38-30-45(40(46)47-41(2,3)4)25-24-44(38)29-33-14-18-35(19-15-33)34-10-6-5-7-11-34/h5-21,31,38,42H,22-30H2,1-4H3. The second-order valence-corrected chi connectivity index (χ2v) is 14.2. The molecule has 1 amide bonds. The van der Waals surface area contributed by atoms with Gasteiger partial charge in [0.2, 0.25) is 0 Å². The van der Waals surface area contributed by atoms with E-state index in [2.05, 4.69) is 125 Å². The molecule has 1 N–H and O–H groups in total. The molecule has 2 aliphatic heterocycles. The maximum Gasteiger partial charge on any atom is 0.410 e. The van der Waals surface area contributed by atoms with Gasteiger partial charge in [-0.3, -0.25) is 9.80 Å². The van der Waals surface area contributed by atoms with Crippen molar-refractivity contribution in [1.29, 1.82) is 0 Å². The quantitative estimate of drug-likeness (QED) is 0.219. The highest BCUT2D eigenvalue weighted by molar-refractivity contribution is 5.69. The highest BCUT2D eigenvalue weighted by atomic mass is 16.6. The minimum Gasteiger partial charge on any atom is -0.444 e. The van der Waals surface area contributed by atoms with Crippen molar-refractivity contribution in [3.05, 3.63) is 120 Å². The maximum atomic E-state index is 13.2. The van der Waals surface area contributed by atoms with Crippen molar-refractivity contribution in [1.82, 2.24) is 20.0 Å². The third kappa shape index (κ3) is 8.69. The first-order valence-corrected chi connectivity index (χ1v) is 17.2. The number of carbonyl (C=O) groups is 1. The van der Waals surface area contributed by atoms with Gasteiger partial charge in [-0.05, 0) is 73.1 Å². The lowest BCUT2D eigenvalue weighted by Gasteiger charge is -2.42. The molecule has 0 aromatic heterocycles. The predicted molar refractivity (Wildman–Crippen MR) is 192 cm³/mol. The van der Waals surface area contributed by atoms with Gasteiger partial charge in [-0.1, -0.05) is 103 Å². The van der Waals surface area contributed by atoms with Gasteiger partial charge in [-0.2, -0.15) is 0 Å².